The van der Waals surface area contributed by atoms with Gasteiger partial charge < -0.3 is 0 Å². The number of nitrogens with zero attached hydrogens (tertiary/aromatic N) is 2. The number of thiazole rings is 1. The number of hydrogen-bond acceptors (Lipinski definition) is 3. The molecule has 0 saturated heterocycles. The van der Waals surface area contributed by atoms with Crippen LogP contribution in [0.2, 0.25) is 0 Å². The molecule has 0 atom stereocenters. The monoisotopic (exact) mass is 324 g/mol. The van der Waals surface area contributed by atoms with Gasteiger partial charge in [-0.3, -0.25) is 0 Å². The number of hydrogen-bond donors (Lipinski definition) is 0. The van der Waals surface area contributed by atoms with E-state index < -0.39 is 0 Å². The summed E-state index contributed by atoms with van der Waals surface area (Å²) in [5.74, 6) is -0.271. The molecular weight excluding hydrogens is 315 g/mol. The highest BCUT2D eigenvalue weighted by atomic mass is 79.9. The molecule has 1 heterocycles. The second-order valence-corrected chi connectivity index (χ2v) is 5.62. The van der Waals surface area contributed by atoms with E-state index in [2.05, 4.69) is 27.0 Å². The number of aryl methyl sites for hydroxylation is 1. The van der Waals surface area contributed by atoms with Crippen molar-refractivity contribution in [3.05, 3.63) is 38.9 Å². The predicted octanol–water partition coefficient (Wildman–Crippen LogP) is 4.56. The van der Waals surface area contributed by atoms with Gasteiger partial charge >= 0.3 is 0 Å². The maximum absolute atomic E-state index is 13.7. The van der Waals surface area contributed by atoms with Crippen molar-refractivity contribution >= 4 is 27.3 Å². The molecule has 92 valence electrons. The van der Waals surface area contributed by atoms with Crippen LogP contribution in [0.1, 0.15) is 17.8 Å². The summed E-state index contributed by atoms with van der Waals surface area (Å²) in [5.41, 5.74) is 1.16. The molecule has 2 rings (SSSR count). The first-order chi connectivity index (χ1) is 8.70. The van der Waals surface area contributed by atoms with Crippen LogP contribution in [0.25, 0.3) is 11.3 Å². The van der Waals surface area contributed by atoms with Gasteiger partial charge in [-0.15, -0.1) is 11.3 Å². The molecule has 5 heteroatoms. The van der Waals surface area contributed by atoms with E-state index in [1.165, 1.54) is 17.4 Å². The van der Waals surface area contributed by atoms with Crippen molar-refractivity contribution in [3.8, 4) is 17.3 Å². The van der Waals surface area contributed by atoms with Gasteiger partial charge in [-0.25, -0.2) is 9.37 Å². The van der Waals surface area contributed by atoms with Gasteiger partial charge in [-0.1, -0.05) is 15.9 Å². The Balaban J connectivity index is 2.19. The number of halogens is 2. The number of nitriles is 1. The second kappa shape index (κ2) is 6.07. The van der Waals surface area contributed by atoms with Gasteiger partial charge in [0.05, 0.1) is 16.8 Å². The third-order valence-corrected chi connectivity index (χ3v) is 3.84. The number of aromatic nitrogens is 1. The largest absolute Gasteiger partial charge is 0.241 e. The molecule has 0 aliphatic rings. The van der Waals surface area contributed by atoms with E-state index in [0.29, 0.717) is 17.7 Å². The van der Waals surface area contributed by atoms with Crippen LogP contribution < -0.4 is 0 Å². The van der Waals surface area contributed by atoms with E-state index >= 15 is 0 Å². The Bertz CT molecular complexity index is 589. The lowest BCUT2D eigenvalue weighted by Gasteiger charge is -2.00. The van der Waals surface area contributed by atoms with E-state index in [0.717, 1.165) is 22.3 Å². The maximum Gasteiger partial charge on any atom is 0.132 e. The molecule has 0 N–H and O–H groups in total. The molecule has 0 saturated carbocycles. The highest BCUT2D eigenvalue weighted by molar-refractivity contribution is 9.10. The summed E-state index contributed by atoms with van der Waals surface area (Å²) < 4.78 is 14.5. The molecule has 0 spiro atoms. The Morgan fingerprint density at radius 2 is 2.28 bits per heavy atom. The molecule has 0 aliphatic heterocycles. The van der Waals surface area contributed by atoms with Crippen LogP contribution in [0.5, 0.6) is 0 Å². The van der Waals surface area contributed by atoms with Crippen molar-refractivity contribution in [3.63, 3.8) is 0 Å². The first kappa shape index (κ1) is 13.2. The van der Waals surface area contributed by atoms with Gasteiger partial charge in [0, 0.05) is 28.3 Å². The quantitative estimate of drug-likeness (QED) is 0.773. The van der Waals surface area contributed by atoms with Gasteiger partial charge in [-0.05, 0) is 24.6 Å². The van der Waals surface area contributed by atoms with Crippen LogP contribution in [0, 0.1) is 17.1 Å². The number of unbranched alkanes of at least 4 members (excludes halogenated alkanes) is 1. The summed E-state index contributed by atoms with van der Waals surface area (Å²) in [6, 6.07) is 6.92. The minimum atomic E-state index is -0.271. The zero-order valence-electron chi connectivity index (χ0n) is 9.49. The van der Waals surface area contributed by atoms with E-state index in [-0.39, 0.29) is 5.82 Å². The van der Waals surface area contributed by atoms with Crippen molar-refractivity contribution in [2.24, 2.45) is 0 Å². The molecule has 0 radical (unpaired) electrons. The van der Waals surface area contributed by atoms with Crippen LogP contribution in [0.4, 0.5) is 4.39 Å². The topological polar surface area (TPSA) is 36.7 Å². The summed E-state index contributed by atoms with van der Waals surface area (Å²) in [4.78, 5) is 4.40. The van der Waals surface area contributed by atoms with Crippen molar-refractivity contribution in [1.82, 2.24) is 4.98 Å². The Hall–Kier alpha value is -1.25. The molecule has 18 heavy (non-hydrogen) atoms. The standard InChI is InChI=1S/C13H10BrFN2S/c14-9-4-5-11(15)10(7-9)12-8-18-13(17-12)3-1-2-6-16/h4-5,7-8H,1-3H2. The molecule has 0 unspecified atom stereocenters. The summed E-state index contributed by atoms with van der Waals surface area (Å²) in [6.07, 6.45) is 2.10. The van der Waals surface area contributed by atoms with Crippen molar-refractivity contribution in [2.75, 3.05) is 0 Å². The number of rotatable bonds is 4. The molecule has 2 aromatic rings. The fraction of sp³-hybridized carbons (Fsp3) is 0.231. The fourth-order valence-electron chi connectivity index (χ4n) is 1.56. The van der Waals surface area contributed by atoms with Gasteiger partial charge in [0.2, 0.25) is 0 Å². The molecule has 0 aliphatic carbocycles. The normalized spacial score (nSPS) is 10.3. The lowest BCUT2D eigenvalue weighted by Crippen LogP contribution is -1.87. The Labute approximate surface area is 117 Å². The second-order valence-electron chi connectivity index (χ2n) is 3.76. The molecule has 2 nitrogen and oxygen atoms in total. The third-order valence-electron chi connectivity index (χ3n) is 2.44. The minimum absolute atomic E-state index is 0.271. The van der Waals surface area contributed by atoms with Crippen molar-refractivity contribution in [1.29, 1.82) is 5.26 Å². The molecule has 0 amide bonds. The lowest BCUT2D eigenvalue weighted by atomic mass is 10.1. The highest BCUT2D eigenvalue weighted by Crippen LogP contribution is 2.27. The number of benzene rings is 1. The predicted molar refractivity (Wildman–Crippen MR) is 73.8 cm³/mol. The fourth-order valence-corrected chi connectivity index (χ4v) is 2.76. The van der Waals surface area contributed by atoms with Crippen LogP contribution in [0.15, 0.2) is 28.1 Å². The molecular formula is C13H10BrFN2S. The van der Waals surface area contributed by atoms with Crippen LogP contribution in [-0.4, -0.2) is 4.98 Å². The van der Waals surface area contributed by atoms with Crippen LogP contribution in [0.3, 0.4) is 0 Å². The van der Waals surface area contributed by atoms with E-state index in [1.54, 1.807) is 12.1 Å². The minimum Gasteiger partial charge on any atom is -0.241 e. The molecule has 0 bridgehead atoms. The van der Waals surface area contributed by atoms with Crippen LogP contribution in [-0.2, 0) is 6.42 Å². The molecule has 1 aromatic carbocycles. The lowest BCUT2D eigenvalue weighted by molar-refractivity contribution is 0.630. The first-order valence-electron chi connectivity index (χ1n) is 5.47. The van der Waals surface area contributed by atoms with Gasteiger partial charge in [0.25, 0.3) is 0 Å². The maximum atomic E-state index is 13.7. The van der Waals surface area contributed by atoms with Gasteiger partial charge in [0.1, 0.15) is 5.82 Å². The smallest absolute Gasteiger partial charge is 0.132 e. The van der Waals surface area contributed by atoms with Crippen molar-refractivity contribution < 1.29 is 4.39 Å². The summed E-state index contributed by atoms with van der Waals surface area (Å²) in [6.45, 7) is 0. The Kier molecular flexibility index (Phi) is 4.45. The summed E-state index contributed by atoms with van der Waals surface area (Å²) in [5, 5.41) is 11.3. The zero-order chi connectivity index (χ0) is 13.0. The first-order valence-corrected chi connectivity index (χ1v) is 7.15. The molecule has 0 fully saturated rings. The average molecular weight is 325 g/mol. The van der Waals surface area contributed by atoms with Gasteiger partial charge in [0.15, 0.2) is 0 Å². The average Bonchev–Trinajstić information content (AvgIpc) is 2.81. The van der Waals surface area contributed by atoms with E-state index in [4.69, 9.17) is 5.26 Å². The third kappa shape index (κ3) is 3.15. The molecule has 1 aromatic heterocycles. The van der Waals surface area contributed by atoms with Crippen LogP contribution >= 0.6 is 27.3 Å². The Morgan fingerprint density at radius 1 is 1.44 bits per heavy atom. The van der Waals surface area contributed by atoms with Gasteiger partial charge in [-0.2, -0.15) is 5.26 Å². The Morgan fingerprint density at radius 3 is 3.06 bits per heavy atom. The summed E-state index contributed by atoms with van der Waals surface area (Å²) >= 11 is 4.83. The highest BCUT2D eigenvalue weighted by Gasteiger charge is 2.09. The van der Waals surface area contributed by atoms with E-state index in [9.17, 15) is 4.39 Å². The zero-order valence-corrected chi connectivity index (χ0v) is 11.9. The van der Waals surface area contributed by atoms with E-state index in [1.807, 2.05) is 5.38 Å². The van der Waals surface area contributed by atoms with Crippen molar-refractivity contribution in [2.45, 2.75) is 19.3 Å². The summed E-state index contributed by atoms with van der Waals surface area (Å²) in [7, 11) is 0. The SMILES string of the molecule is N#CCCCc1nc(-c2cc(Br)ccc2F)cs1.